The highest BCUT2D eigenvalue weighted by molar-refractivity contribution is 6.75. The van der Waals surface area contributed by atoms with E-state index in [0.29, 0.717) is 4.90 Å². The first-order valence-electron chi connectivity index (χ1n) is 16.7. The van der Waals surface area contributed by atoms with Crippen molar-refractivity contribution < 1.29 is 32.0 Å². The van der Waals surface area contributed by atoms with Crippen LogP contribution in [0.5, 0.6) is 0 Å². The molecule has 0 unspecified atom stereocenters. The molecule has 2 aromatic heterocycles. The summed E-state index contributed by atoms with van der Waals surface area (Å²) >= 11 is 0. The highest BCUT2D eigenvalue weighted by Gasteiger charge is 2.55. The quantitative estimate of drug-likeness (QED) is 0.258. The number of aromatic nitrogens is 3. The van der Waals surface area contributed by atoms with Gasteiger partial charge in [0.2, 0.25) is 11.8 Å². The van der Waals surface area contributed by atoms with Crippen LogP contribution in [0.15, 0.2) is 6.33 Å². The number of pyridine rings is 1. The summed E-state index contributed by atoms with van der Waals surface area (Å²) < 4.78 is 46.2. The molecule has 272 valence electrons. The first-order valence-corrected chi connectivity index (χ1v) is 25.5. The van der Waals surface area contributed by atoms with Crippen molar-refractivity contribution in [2.24, 2.45) is 0 Å². The number of hydrogen-bond acceptors (Lipinski definition) is 9. The topological polar surface area (TPSA) is 131 Å². The van der Waals surface area contributed by atoms with E-state index in [-0.39, 0.29) is 38.6 Å². The third-order valence-corrected chi connectivity index (χ3v) is 24.4. The number of anilines is 2. The van der Waals surface area contributed by atoms with Crippen LogP contribution in [0, 0.1) is 5.82 Å². The Morgan fingerprint density at radius 3 is 1.77 bits per heavy atom. The van der Waals surface area contributed by atoms with Crippen LogP contribution in [0.3, 0.4) is 0 Å². The van der Waals surface area contributed by atoms with Crippen LogP contribution in [0.1, 0.15) is 82.4 Å². The van der Waals surface area contributed by atoms with Gasteiger partial charge >= 0.3 is 0 Å². The number of carbonyl (C=O) groups excluding carboxylic acids is 2. The van der Waals surface area contributed by atoms with Gasteiger partial charge in [-0.1, -0.05) is 62.3 Å². The van der Waals surface area contributed by atoms with Gasteiger partial charge in [0.25, 0.3) is 0 Å². The molecule has 0 radical (unpaired) electrons. The van der Waals surface area contributed by atoms with Crippen LogP contribution >= 0.6 is 0 Å². The van der Waals surface area contributed by atoms with E-state index < -0.39 is 72.9 Å². The Balaban J connectivity index is 2.32. The number of nitrogens with two attached hydrogens (primary N) is 1. The molecular weight excluding hydrogens is 666 g/mol. The maximum Gasteiger partial charge on any atom is 0.231 e. The lowest BCUT2D eigenvalue weighted by atomic mass is 10.1. The van der Waals surface area contributed by atoms with Crippen molar-refractivity contribution in [3.63, 3.8) is 0 Å². The smallest absolute Gasteiger partial charge is 0.231 e. The summed E-state index contributed by atoms with van der Waals surface area (Å²) in [7, 11) is -7.13. The Labute approximate surface area is 289 Å². The molecule has 0 saturated carbocycles. The van der Waals surface area contributed by atoms with Gasteiger partial charge in [-0.25, -0.2) is 19.3 Å². The Morgan fingerprint density at radius 1 is 0.875 bits per heavy atom. The molecule has 4 atom stereocenters. The lowest BCUT2D eigenvalue weighted by molar-refractivity contribution is -0.124. The lowest BCUT2D eigenvalue weighted by Gasteiger charge is -2.44. The van der Waals surface area contributed by atoms with Crippen LogP contribution in [0.4, 0.5) is 16.0 Å². The van der Waals surface area contributed by atoms with Crippen LogP contribution in [0.2, 0.25) is 54.4 Å². The van der Waals surface area contributed by atoms with E-state index in [2.05, 4.69) is 112 Å². The minimum atomic E-state index is -2.50. The van der Waals surface area contributed by atoms with Crippen molar-refractivity contribution in [3.05, 3.63) is 12.1 Å². The van der Waals surface area contributed by atoms with Crippen molar-refractivity contribution in [3.8, 4) is 0 Å². The normalized spacial score (nSPS) is 21.6. The fraction of sp³-hybridized carbons (Fsp3) is 0.758. The number of amides is 2. The van der Waals surface area contributed by atoms with Crippen molar-refractivity contribution in [2.75, 3.05) is 17.2 Å². The molecule has 0 spiro atoms. The molecule has 1 fully saturated rings. The monoisotopic (exact) mass is 725 g/mol. The molecule has 2 N–H and O–H groups in total. The zero-order chi connectivity index (χ0) is 37.2. The molecule has 15 heteroatoms. The van der Waals surface area contributed by atoms with Gasteiger partial charge in [0, 0.05) is 13.8 Å². The number of ether oxygens (including phenoxy) is 1. The van der Waals surface area contributed by atoms with Gasteiger partial charge in [-0.15, -0.1) is 0 Å². The van der Waals surface area contributed by atoms with Gasteiger partial charge in [-0.3, -0.25) is 14.2 Å². The van der Waals surface area contributed by atoms with Crippen LogP contribution in [-0.2, 0) is 27.6 Å². The largest absolute Gasteiger partial charge is 0.414 e. The third-order valence-electron chi connectivity index (χ3n) is 11.0. The van der Waals surface area contributed by atoms with E-state index in [9.17, 15) is 9.59 Å². The number of nitrogens with zero attached hydrogens (tertiary/aromatic N) is 4. The molecule has 48 heavy (non-hydrogen) atoms. The molecule has 1 aliphatic heterocycles. The summed E-state index contributed by atoms with van der Waals surface area (Å²) in [4.78, 5) is 34.1. The summed E-state index contributed by atoms with van der Waals surface area (Å²) in [5.74, 6) is -2.92. The molecule has 2 aromatic rings. The van der Waals surface area contributed by atoms with E-state index in [1.54, 1.807) is 4.57 Å². The van der Waals surface area contributed by atoms with Crippen LogP contribution in [-0.4, -0.2) is 76.2 Å². The zero-order valence-corrected chi connectivity index (χ0v) is 35.3. The molecule has 0 aliphatic carbocycles. The standard InChI is InChI=1S/C33H60FN5O6Si3/c1-20(40)39(21(2)41)29-23(34)25-24(28(35)37-29)36-19-38(25)30-27(45-48(16,17)33(9,10)11)26(44-47(14,15)32(6,7)8)22(43-30)18-42-46(12,13)31(3,4)5/h19,22,26-27,30H,18H2,1-17H3,(H2,35,37)/t22-,26-,27-,30-/m1/s1. The van der Waals surface area contributed by atoms with Gasteiger partial charge in [0.05, 0.1) is 12.9 Å². The molecule has 0 aromatic carbocycles. The summed E-state index contributed by atoms with van der Waals surface area (Å²) in [6.07, 6.45) is -1.24. The SMILES string of the molecule is CC(=O)N(C(C)=O)c1nc(N)c2ncn([C@@H]3O[C@H](CO[Si](C)(C)C(C)(C)C)[C@@H](O[Si](C)(C)C(C)(C)C)[C@H]3O[Si](C)(C)C(C)(C)C)c2c1F. The second-order valence-corrected chi connectivity index (χ2v) is 32.0. The summed E-state index contributed by atoms with van der Waals surface area (Å²) in [5.41, 5.74) is 6.33. The Kier molecular flexibility index (Phi) is 11.2. The van der Waals surface area contributed by atoms with E-state index in [1.807, 2.05) is 0 Å². The molecule has 3 heterocycles. The van der Waals surface area contributed by atoms with E-state index in [1.165, 1.54) is 20.2 Å². The Hall–Kier alpha value is -2.02. The van der Waals surface area contributed by atoms with E-state index in [0.717, 1.165) is 0 Å². The second-order valence-electron chi connectivity index (χ2n) is 17.7. The zero-order valence-electron chi connectivity index (χ0n) is 32.3. The Morgan fingerprint density at radius 2 is 1.33 bits per heavy atom. The maximum atomic E-state index is 16.6. The average Bonchev–Trinajstić information content (AvgIpc) is 3.45. The molecule has 3 rings (SSSR count). The number of fused-ring (bicyclic) bond motifs is 1. The minimum Gasteiger partial charge on any atom is -0.414 e. The summed E-state index contributed by atoms with van der Waals surface area (Å²) in [6.45, 7) is 35.3. The highest BCUT2D eigenvalue weighted by Crippen LogP contribution is 2.47. The molecule has 1 aliphatic rings. The van der Waals surface area contributed by atoms with Gasteiger partial charge in [0.15, 0.2) is 48.6 Å². The van der Waals surface area contributed by atoms with Crippen LogP contribution < -0.4 is 10.6 Å². The fourth-order valence-corrected chi connectivity index (χ4v) is 8.44. The van der Waals surface area contributed by atoms with E-state index in [4.69, 9.17) is 23.7 Å². The van der Waals surface area contributed by atoms with E-state index >= 15 is 4.39 Å². The lowest BCUT2D eigenvalue weighted by Crippen LogP contribution is -2.54. The number of hydrogen-bond donors (Lipinski definition) is 1. The number of rotatable bonds is 9. The number of imide groups is 1. The molecule has 1 saturated heterocycles. The molecule has 11 nitrogen and oxygen atoms in total. The maximum absolute atomic E-state index is 16.6. The Bertz CT molecular complexity index is 1510. The van der Waals surface area contributed by atoms with Gasteiger partial charge in [-0.05, 0) is 54.4 Å². The predicted octanol–water partition coefficient (Wildman–Crippen LogP) is 7.75. The number of nitrogen functional groups attached to an aromatic ring is 1. The summed E-state index contributed by atoms with van der Waals surface area (Å²) in [5, 5.41) is -0.326. The minimum absolute atomic E-state index is 0.0399. The van der Waals surface area contributed by atoms with Crippen molar-refractivity contribution in [1.29, 1.82) is 0 Å². The fourth-order valence-electron chi connectivity index (χ4n) is 4.82. The van der Waals surface area contributed by atoms with Gasteiger partial charge in [0.1, 0.15) is 29.3 Å². The molecular formula is C33H60FN5O6Si3. The second kappa shape index (κ2) is 13.3. The van der Waals surface area contributed by atoms with Crippen LogP contribution in [0.25, 0.3) is 11.0 Å². The van der Waals surface area contributed by atoms with Crippen molar-refractivity contribution in [2.45, 2.75) is 155 Å². The summed E-state index contributed by atoms with van der Waals surface area (Å²) in [6, 6.07) is 0. The molecule has 0 bridgehead atoms. The number of imidazole rings is 1. The first kappa shape index (κ1) is 40.4. The highest BCUT2D eigenvalue weighted by atomic mass is 28.4. The van der Waals surface area contributed by atoms with Crippen molar-refractivity contribution >= 4 is 59.4 Å². The molecule has 2 amide bonds. The first-order chi connectivity index (χ1) is 21.4. The average molecular weight is 726 g/mol. The van der Waals surface area contributed by atoms with Crippen molar-refractivity contribution in [1.82, 2.24) is 14.5 Å². The number of carbonyl (C=O) groups is 2. The predicted molar refractivity (Wildman–Crippen MR) is 197 cm³/mol. The van der Waals surface area contributed by atoms with Gasteiger partial charge in [-0.2, -0.15) is 0 Å². The number of halogens is 1. The third kappa shape index (κ3) is 7.81. The van der Waals surface area contributed by atoms with Gasteiger partial charge < -0.3 is 23.7 Å².